The lowest BCUT2D eigenvalue weighted by Crippen LogP contribution is -2.05. The molecule has 0 saturated carbocycles. The molecule has 100 valence electrons. The predicted octanol–water partition coefficient (Wildman–Crippen LogP) is 3.24. The highest BCUT2D eigenvalue weighted by Gasteiger charge is 2.12. The SMILES string of the molecule is CCNc1nccc(Nc2c(F)ccc(C)c2F)n1. The minimum atomic E-state index is -0.660. The van der Waals surface area contributed by atoms with Crippen LogP contribution in [0.3, 0.4) is 0 Å². The standard InChI is InChI=1S/C13H14F2N4/c1-3-16-13-17-7-6-10(19-13)18-12-9(14)5-4-8(2)11(12)15/h4-7H,3H2,1-2H3,(H2,16,17,18,19). The summed E-state index contributed by atoms with van der Waals surface area (Å²) in [6, 6.07) is 4.15. The van der Waals surface area contributed by atoms with Crippen LogP contribution in [0.1, 0.15) is 12.5 Å². The van der Waals surface area contributed by atoms with E-state index in [-0.39, 0.29) is 5.69 Å². The van der Waals surface area contributed by atoms with Crippen molar-refractivity contribution < 1.29 is 8.78 Å². The highest BCUT2D eigenvalue weighted by molar-refractivity contribution is 5.59. The van der Waals surface area contributed by atoms with E-state index in [1.54, 1.807) is 13.0 Å². The maximum absolute atomic E-state index is 13.8. The minimum Gasteiger partial charge on any atom is -0.354 e. The molecule has 2 aromatic rings. The molecule has 2 N–H and O–H groups in total. The number of nitrogens with one attached hydrogen (secondary N) is 2. The summed E-state index contributed by atoms with van der Waals surface area (Å²) in [6.45, 7) is 4.14. The molecule has 0 aliphatic rings. The Morgan fingerprint density at radius 2 is 2.00 bits per heavy atom. The molecule has 0 fully saturated rings. The van der Waals surface area contributed by atoms with E-state index in [1.807, 2.05) is 6.92 Å². The summed E-state index contributed by atoms with van der Waals surface area (Å²) >= 11 is 0. The van der Waals surface area contributed by atoms with E-state index in [0.717, 1.165) is 0 Å². The molecular formula is C13H14F2N4. The van der Waals surface area contributed by atoms with Gasteiger partial charge in [-0.05, 0) is 31.5 Å². The molecule has 0 bridgehead atoms. The second kappa shape index (κ2) is 5.60. The Morgan fingerprint density at radius 1 is 1.21 bits per heavy atom. The topological polar surface area (TPSA) is 49.8 Å². The van der Waals surface area contributed by atoms with Gasteiger partial charge in [-0.15, -0.1) is 0 Å². The molecule has 0 saturated heterocycles. The number of hydrogen-bond donors (Lipinski definition) is 2. The second-order valence-electron chi connectivity index (χ2n) is 3.97. The Bertz CT molecular complexity index is 587. The molecule has 0 amide bonds. The summed E-state index contributed by atoms with van der Waals surface area (Å²) in [5, 5.41) is 5.56. The van der Waals surface area contributed by atoms with Gasteiger partial charge in [0.15, 0.2) is 5.82 Å². The molecule has 0 unspecified atom stereocenters. The number of halogens is 2. The second-order valence-corrected chi connectivity index (χ2v) is 3.97. The highest BCUT2D eigenvalue weighted by atomic mass is 19.1. The van der Waals surface area contributed by atoms with E-state index in [4.69, 9.17) is 0 Å². The highest BCUT2D eigenvalue weighted by Crippen LogP contribution is 2.24. The van der Waals surface area contributed by atoms with Crippen molar-refractivity contribution in [1.82, 2.24) is 9.97 Å². The lowest BCUT2D eigenvalue weighted by atomic mass is 10.2. The number of nitrogens with zero attached hydrogens (tertiary/aromatic N) is 2. The van der Waals surface area contributed by atoms with Crippen LogP contribution >= 0.6 is 0 Å². The molecule has 0 aliphatic carbocycles. The molecule has 1 aromatic carbocycles. The molecule has 4 nitrogen and oxygen atoms in total. The van der Waals surface area contributed by atoms with Crippen LogP contribution in [0, 0.1) is 18.6 Å². The molecule has 0 radical (unpaired) electrons. The molecule has 2 rings (SSSR count). The van der Waals surface area contributed by atoms with E-state index < -0.39 is 11.6 Å². The lowest BCUT2D eigenvalue weighted by Gasteiger charge is -2.10. The number of anilines is 3. The molecule has 0 atom stereocenters. The van der Waals surface area contributed by atoms with Crippen LogP contribution < -0.4 is 10.6 Å². The summed E-state index contributed by atoms with van der Waals surface area (Å²) in [5.74, 6) is -0.550. The molecule has 0 spiro atoms. The molecule has 0 aliphatic heterocycles. The van der Waals surface area contributed by atoms with Gasteiger partial charge in [-0.1, -0.05) is 6.07 Å². The number of aromatic nitrogens is 2. The van der Waals surface area contributed by atoms with Crippen LogP contribution in [0.2, 0.25) is 0 Å². The predicted molar refractivity (Wildman–Crippen MR) is 70.6 cm³/mol. The Morgan fingerprint density at radius 3 is 2.74 bits per heavy atom. The monoisotopic (exact) mass is 264 g/mol. The number of rotatable bonds is 4. The maximum Gasteiger partial charge on any atom is 0.224 e. The van der Waals surface area contributed by atoms with Crippen molar-refractivity contribution in [3.8, 4) is 0 Å². The summed E-state index contributed by atoms with van der Waals surface area (Å²) in [6.07, 6.45) is 1.51. The first-order valence-corrected chi connectivity index (χ1v) is 5.90. The van der Waals surface area contributed by atoms with Crippen molar-refractivity contribution in [2.24, 2.45) is 0 Å². The average molecular weight is 264 g/mol. The fourth-order valence-corrected chi connectivity index (χ4v) is 1.57. The quantitative estimate of drug-likeness (QED) is 0.890. The van der Waals surface area contributed by atoms with E-state index in [9.17, 15) is 8.78 Å². The summed E-state index contributed by atoms with van der Waals surface area (Å²) < 4.78 is 27.4. The van der Waals surface area contributed by atoms with E-state index >= 15 is 0 Å². The molecular weight excluding hydrogens is 250 g/mol. The van der Waals surface area contributed by atoms with Crippen LogP contribution in [0.25, 0.3) is 0 Å². The summed E-state index contributed by atoms with van der Waals surface area (Å²) in [4.78, 5) is 8.09. The van der Waals surface area contributed by atoms with E-state index in [1.165, 1.54) is 18.3 Å². The van der Waals surface area contributed by atoms with Crippen LogP contribution in [-0.4, -0.2) is 16.5 Å². The third kappa shape index (κ3) is 2.96. The molecule has 1 aromatic heterocycles. The third-order valence-electron chi connectivity index (χ3n) is 2.53. The normalized spacial score (nSPS) is 10.3. The molecule has 1 heterocycles. The number of hydrogen-bond acceptors (Lipinski definition) is 4. The van der Waals surface area contributed by atoms with Gasteiger partial charge >= 0.3 is 0 Å². The third-order valence-corrected chi connectivity index (χ3v) is 2.53. The fraction of sp³-hybridized carbons (Fsp3) is 0.231. The fourth-order valence-electron chi connectivity index (χ4n) is 1.57. The first kappa shape index (κ1) is 13.2. The van der Waals surface area contributed by atoms with Crippen LogP contribution in [0.4, 0.5) is 26.2 Å². The average Bonchev–Trinajstić information content (AvgIpc) is 2.40. The number of aryl methyl sites for hydroxylation is 1. The van der Waals surface area contributed by atoms with Crippen molar-refractivity contribution >= 4 is 17.5 Å². The number of benzene rings is 1. The van der Waals surface area contributed by atoms with Gasteiger partial charge in [0.1, 0.15) is 17.3 Å². The molecule has 19 heavy (non-hydrogen) atoms. The van der Waals surface area contributed by atoms with Gasteiger partial charge in [0.05, 0.1) is 0 Å². The van der Waals surface area contributed by atoms with Gasteiger partial charge in [-0.3, -0.25) is 0 Å². The first-order valence-electron chi connectivity index (χ1n) is 5.90. The summed E-state index contributed by atoms with van der Waals surface area (Å²) in [7, 11) is 0. The van der Waals surface area contributed by atoms with Crippen molar-refractivity contribution in [1.29, 1.82) is 0 Å². The summed E-state index contributed by atoms with van der Waals surface area (Å²) in [5.41, 5.74) is 0.158. The van der Waals surface area contributed by atoms with Crippen molar-refractivity contribution in [3.63, 3.8) is 0 Å². The Labute approximate surface area is 109 Å². The largest absolute Gasteiger partial charge is 0.354 e. The van der Waals surface area contributed by atoms with E-state index in [2.05, 4.69) is 20.6 Å². The lowest BCUT2D eigenvalue weighted by molar-refractivity contribution is 0.584. The van der Waals surface area contributed by atoms with Gasteiger partial charge in [0, 0.05) is 12.7 Å². The van der Waals surface area contributed by atoms with Crippen LogP contribution in [0.5, 0.6) is 0 Å². The van der Waals surface area contributed by atoms with Crippen molar-refractivity contribution in [3.05, 3.63) is 41.6 Å². The Balaban J connectivity index is 2.31. The van der Waals surface area contributed by atoms with Crippen molar-refractivity contribution in [2.45, 2.75) is 13.8 Å². The Hall–Kier alpha value is -2.24. The van der Waals surface area contributed by atoms with Crippen molar-refractivity contribution in [2.75, 3.05) is 17.2 Å². The van der Waals surface area contributed by atoms with Gasteiger partial charge in [-0.25, -0.2) is 13.8 Å². The zero-order valence-corrected chi connectivity index (χ0v) is 10.7. The molecule has 6 heteroatoms. The van der Waals surface area contributed by atoms with Crippen LogP contribution in [-0.2, 0) is 0 Å². The zero-order chi connectivity index (χ0) is 13.8. The first-order chi connectivity index (χ1) is 9.11. The van der Waals surface area contributed by atoms with E-state index in [0.29, 0.717) is 23.9 Å². The van der Waals surface area contributed by atoms with Gasteiger partial charge in [-0.2, -0.15) is 4.98 Å². The zero-order valence-electron chi connectivity index (χ0n) is 10.7. The van der Waals surface area contributed by atoms with Gasteiger partial charge in [0.25, 0.3) is 0 Å². The van der Waals surface area contributed by atoms with Gasteiger partial charge < -0.3 is 10.6 Å². The van der Waals surface area contributed by atoms with Crippen LogP contribution in [0.15, 0.2) is 24.4 Å². The van der Waals surface area contributed by atoms with Gasteiger partial charge in [0.2, 0.25) is 5.95 Å². The smallest absolute Gasteiger partial charge is 0.224 e. The Kier molecular flexibility index (Phi) is 3.89. The minimum absolute atomic E-state index is 0.207. The maximum atomic E-state index is 13.8.